The van der Waals surface area contributed by atoms with Crippen LogP contribution in [0, 0.1) is 18.3 Å². The van der Waals surface area contributed by atoms with Crippen molar-refractivity contribution in [2.45, 2.75) is 13.8 Å². The van der Waals surface area contributed by atoms with E-state index in [0.29, 0.717) is 27.8 Å². The molecule has 0 radical (unpaired) electrons. The Bertz CT molecular complexity index is 435. The summed E-state index contributed by atoms with van der Waals surface area (Å²) in [5.41, 5.74) is 1.56. The van der Waals surface area contributed by atoms with E-state index >= 15 is 0 Å². The molecule has 0 aliphatic rings. The van der Waals surface area contributed by atoms with E-state index in [9.17, 15) is 4.79 Å². The Hall–Kier alpha value is -1.34. The van der Waals surface area contributed by atoms with Gasteiger partial charge < -0.3 is 4.74 Å². The molecule has 0 heterocycles. The summed E-state index contributed by atoms with van der Waals surface area (Å²) in [6, 6.07) is 5.38. The minimum atomic E-state index is -0.390. The second kappa shape index (κ2) is 4.94. The monoisotopic (exact) mass is 267 g/mol. The van der Waals surface area contributed by atoms with E-state index < -0.39 is 0 Å². The highest BCUT2D eigenvalue weighted by molar-refractivity contribution is 9.10. The lowest BCUT2D eigenvalue weighted by molar-refractivity contribution is 0.0525. The zero-order chi connectivity index (χ0) is 11.4. The number of hydrogen-bond acceptors (Lipinski definition) is 3. The largest absolute Gasteiger partial charge is 0.462 e. The quantitative estimate of drug-likeness (QED) is 0.775. The van der Waals surface area contributed by atoms with Crippen LogP contribution in [0.15, 0.2) is 16.6 Å². The van der Waals surface area contributed by atoms with E-state index in [1.54, 1.807) is 26.0 Å². The van der Waals surface area contributed by atoms with Crippen LogP contribution in [-0.2, 0) is 4.74 Å². The van der Waals surface area contributed by atoms with Gasteiger partial charge in [-0.3, -0.25) is 0 Å². The Kier molecular flexibility index (Phi) is 3.87. The first-order chi connectivity index (χ1) is 7.11. The number of halogens is 1. The molecular formula is C11H10BrNO2. The molecule has 0 fully saturated rings. The number of nitrogens with zero attached hydrogens (tertiary/aromatic N) is 1. The highest BCUT2D eigenvalue weighted by atomic mass is 79.9. The lowest BCUT2D eigenvalue weighted by Gasteiger charge is -2.07. The van der Waals surface area contributed by atoms with Gasteiger partial charge >= 0.3 is 5.97 Å². The first kappa shape index (κ1) is 11.7. The minimum absolute atomic E-state index is 0.330. The van der Waals surface area contributed by atoms with Gasteiger partial charge in [-0.2, -0.15) is 5.26 Å². The third-order valence-corrected chi connectivity index (χ3v) is 2.68. The third-order valence-electron chi connectivity index (χ3n) is 2.02. The first-order valence-electron chi connectivity index (χ1n) is 4.48. The maximum Gasteiger partial charge on any atom is 0.338 e. The fourth-order valence-electron chi connectivity index (χ4n) is 1.25. The maximum absolute atomic E-state index is 11.5. The SMILES string of the molecule is CCOC(=O)c1ccc(Br)c(C#N)c1C. The fourth-order valence-corrected chi connectivity index (χ4v) is 1.76. The van der Waals surface area contributed by atoms with Crippen LogP contribution >= 0.6 is 15.9 Å². The van der Waals surface area contributed by atoms with Crippen molar-refractivity contribution >= 4 is 21.9 Å². The van der Waals surface area contributed by atoms with E-state index in [2.05, 4.69) is 15.9 Å². The van der Waals surface area contributed by atoms with Crippen LogP contribution < -0.4 is 0 Å². The van der Waals surface area contributed by atoms with Crippen LogP contribution in [0.2, 0.25) is 0 Å². The van der Waals surface area contributed by atoms with Crippen LogP contribution in [0.5, 0.6) is 0 Å². The molecule has 0 saturated heterocycles. The number of hydrogen-bond donors (Lipinski definition) is 0. The van der Waals surface area contributed by atoms with Gasteiger partial charge in [0.25, 0.3) is 0 Å². The smallest absolute Gasteiger partial charge is 0.338 e. The Morgan fingerprint density at radius 2 is 2.27 bits per heavy atom. The number of esters is 1. The van der Waals surface area contributed by atoms with Gasteiger partial charge in [0.15, 0.2) is 0 Å². The van der Waals surface area contributed by atoms with Crippen molar-refractivity contribution in [1.82, 2.24) is 0 Å². The van der Waals surface area contributed by atoms with Gasteiger partial charge in [-0.15, -0.1) is 0 Å². The molecule has 0 aliphatic heterocycles. The van der Waals surface area contributed by atoms with Crippen LogP contribution in [0.3, 0.4) is 0 Å². The lowest BCUT2D eigenvalue weighted by atomic mass is 10.0. The molecule has 0 bridgehead atoms. The molecule has 1 rings (SSSR count). The van der Waals surface area contributed by atoms with E-state index in [1.807, 2.05) is 6.07 Å². The Labute approximate surface area is 96.8 Å². The average Bonchev–Trinajstić information content (AvgIpc) is 2.18. The zero-order valence-corrected chi connectivity index (χ0v) is 10.1. The molecule has 0 unspecified atom stereocenters. The molecule has 0 saturated carbocycles. The molecule has 0 N–H and O–H groups in total. The fraction of sp³-hybridized carbons (Fsp3) is 0.273. The van der Waals surface area contributed by atoms with Gasteiger partial charge in [0.2, 0.25) is 0 Å². The van der Waals surface area contributed by atoms with Gasteiger partial charge in [0.05, 0.1) is 17.7 Å². The van der Waals surface area contributed by atoms with Gasteiger partial charge in [0.1, 0.15) is 6.07 Å². The highest BCUT2D eigenvalue weighted by Crippen LogP contribution is 2.23. The predicted octanol–water partition coefficient (Wildman–Crippen LogP) is 2.81. The molecule has 3 nitrogen and oxygen atoms in total. The summed E-state index contributed by atoms with van der Waals surface area (Å²) in [4.78, 5) is 11.5. The molecule has 0 amide bonds. The Morgan fingerprint density at radius 3 is 2.80 bits per heavy atom. The number of carbonyl (C=O) groups excluding carboxylic acids is 1. The standard InChI is InChI=1S/C11H10BrNO2/c1-3-15-11(14)8-4-5-10(12)9(6-13)7(8)2/h4-5H,3H2,1-2H3. The van der Waals surface area contributed by atoms with Gasteiger partial charge in [-0.1, -0.05) is 0 Å². The maximum atomic E-state index is 11.5. The average molecular weight is 268 g/mol. The third kappa shape index (κ3) is 2.37. The number of benzene rings is 1. The summed E-state index contributed by atoms with van der Waals surface area (Å²) >= 11 is 3.25. The molecule has 0 spiro atoms. The zero-order valence-electron chi connectivity index (χ0n) is 8.50. The van der Waals surface area contributed by atoms with Gasteiger partial charge in [-0.05, 0) is 47.5 Å². The van der Waals surface area contributed by atoms with Crippen molar-refractivity contribution in [2.24, 2.45) is 0 Å². The molecule has 1 aromatic carbocycles. The summed E-state index contributed by atoms with van der Waals surface area (Å²) in [5.74, 6) is -0.390. The number of nitriles is 1. The molecule has 4 heteroatoms. The normalized spacial score (nSPS) is 9.47. The van der Waals surface area contributed by atoms with Crippen LogP contribution in [0.4, 0.5) is 0 Å². The number of ether oxygens (including phenoxy) is 1. The van der Waals surface area contributed by atoms with Crippen molar-refractivity contribution in [1.29, 1.82) is 5.26 Å². The molecule has 1 aromatic rings. The predicted molar refractivity (Wildman–Crippen MR) is 59.6 cm³/mol. The minimum Gasteiger partial charge on any atom is -0.462 e. The summed E-state index contributed by atoms with van der Waals surface area (Å²) in [5, 5.41) is 8.90. The molecule has 0 aliphatic carbocycles. The second-order valence-corrected chi connectivity index (χ2v) is 3.78. The van der Waals surface area contributed by atoms with E-state index in [0.717, 1.165) is 0 Å². The summed E-state index contributed by atoms with van der Waals surface area (Å²) in [6.07, 6.45) is 0. The van der Waals surface area contributed by atoms with E-state index in [1.165, 1.54) is 0 Å². The van der Waals surface area contributed by atoms with E-state index in [4.69, 9.17) is 10.00 Å². The molecule has 0 atom stereocenters. The number of carbonyl (C=O) groups is 1. The first-order valence-corrected chi connectivity index (χ1v) is 5.27. The molecule has 15 heavy (non-hydrogen) atoms. The number of rotatable bonds is 2. The van der Waals surface area contributed by atoms with Crippen molar-refractivity contribution in [3.63, 3.8) is 0 Å². The summed E-state index contributed by atoms with van der Waals surface area (Å²) in [6.45, 7) is 3.81. The van der Waals surface area contributed by atoms with Crippen LogP contribution in [0.1, 0.15) is 28.4 Å². The van der Waals surface area contributed by atoms with Crippen molar-refractivity contribution in [3.05, 3.63) is 33.3 Å². The Morgan fingerprint density at radius 1 is 1.60 bits per heavy atom. The topological polar surface area (TPSA) is 50.1 Å². The Balaban J connectivity index is 3.23. The lowest BCUT2D eigenvalue weighted by Crippen LogP contribution is -2.07. The van der Waals surface area contributed by atoms with Crippen molar-refractivity contribution < 1.29 is 9.53 Å². The molecule has 0 aromatic heterocycles. The van der Waals surface area contributed by atoms with Gasteiger partial charge in [0, 0.05) is 4.47 Å². The van der Waals surface area contributed by atoms with Crippen LogP contribution in [0.25, 0.3) is 0 Å². The molecular weight excluding hydrogens is 258 g/mol. The second-order valence-electron chi connectivity index (χ2n) is 2.93. The van der Waals surface area contributed by atoms with Gasteiger partial charge in [-0.25, -0.2) is 4.79 Å². The van der Waals surface area contributed by atoms with Crippen LogP contribution in [-0.4, -0.2) is 12.6 Å². The van der Waals surface area contributed by atoms with Crippen molar-refractivity contribution in [3.8, 4) is 6.07 Å². The van der Waals surface area contributed by atoms with E-state index in [-0.39, 0.29) is 5.97 Å². The summed E-state index contributed by atoms with van der Waals surface area (Å²) < 4.78 is 5.57. The molecule has 78 valence electrons. The highest BCUT2D eigenvalue weighted by Gasteiger charge is 2.14. The summed E-state index contributed by atoms with van der Waals surface area (Å²) in [7, 11) is 0. The van der Waals surface area contributed by atoms with Crippen molar-refractivity contribution in [2.75, 3.05) is 6.61 Å².